The fourth-order valence-electron chi connectivity index (χ4n) is 2.16. The molecule has 0 saturated carbocycles. The third-order valence-corrected chi connectivity index (χ3v) is 3.75. The minimum Gasteiger partial charge on any atom is -0.493 e. The van der Waals surface area contributed by atoms with Crippen LogP contribution in [0.2, 0.25) is 5.02 Å². The maximum atomic E-state index is 12.4. The van der Waals surface area contributed by atoms with Crippen LogP contribution in [0.3, 0.4) is 0 Å². The molecule has 138 valence electrons. The van der Waals surface area contributed by atoms with Gasteiger partial charge in [-0.1, -0.05) is 38.3 Å². The lowest BCUT2D eigenvalue weighted by Crippen LogP contribution is -2.40. The first kappa shape index (κ1) is 22.8. The van der Waals surface area contributed by atoms with Gasteiger partial charge in [0.2, 0.25) is 0 Å². The van der Waals surface area contributed by atoms with Crippen molar-refractivity contribution in [2.24, 2.45) is 5.73 Å². The lowest BCUT2D eigenvalue weighted by atomic mass is 10.1. The minimum absolute atomic E-state index is 0. The molecule has 1 aromatic carbocycles. The van der Waals surface area contributed by atoms with Crippen LogP contribution in [0.5, 0.6) is 11.5 Å². The first-order chi connectivity index (χ1) is 11.1. The number of unbranched alkanes of at least 4 members (excludes halogenated alkanes) is 1. The molecule has 1 aromatic rings. The number of methoxy groups -OCH3 is 1. The molecule has 1 amide bonds. The number of hydrogen-bond acceptors (Lipinski definition) is 4. The van der Waals surface area contributed by atoms with Crippen molar-refractivity contribution in [3.63, 3.8) is 0 Å². The van der Waals surface area contributed by atoms with Crippen molar-refractivity contribution in [3.05, 3.63) is 22.7 Å². The fraction of sp³-hybridized carbons (Fsp3) is 0.588. The normalized spacial score (nSPS) is 11.4. The maximum absolute atomic E-state index is 12.4. The van der Waals surface area contributed by atoms with Gasteiger partial charge in [0.1, 0.15) is 0 Å². The van der Waals surface area contributed by atoms with Gasteiger partial charge in [0.25, 0.3) is 5.91 Å². The molecule has 1 rings (SSSR count). The van der Waals surface area contributed by atoms with Crippen molar-refractivity contribution in [2.45, 2.75) is 45.6 Å². The summed E-state index contributed by atoms with van der Waals surface area (Å²) in [6, 6.07) is 3.19. The number of halogens is 2. The topological polar surface area (TPSA) is 73.6 Å². The van der Waals surface area contributed by atoms with Gasteiger partial charge < -0.3 is 20.5 Å². The van der Waals surface area contributed by atoms with E-state index in [4.69, 9.17) is 26.8 Å². The van der Waals surface area contributed by atoms with Crippen molar-refractivity contribution in [2.75, 3.05) is 20.3 Å². The molecule has 1 unspecified atom stereocenters. The highest BCUT2D eigenvalue weighted by molar-refractivity contribution is 6.32. The Bertz CT molecular complexity index is 513. The number of nitrogens with two attached hydrogens (primary N) is 1. The van der Waals surface area contributed by atoms with Crippen LogP contribution in [0, 0.1) is 0 Å². The van der Waals surface area contributed by atoms with E-state index in [1.807, 2.05) is 6.92 Å². The predicted octanol–water partition coefficient (Wildman–Crippen LogP) is 3.81. The molecule has 0 saturated heterocycles. The Labute approximate surface area is 155 Å². The Hall–Kier alpha value is -1.17. The molecule has 7 heteroatoms. The van der Waals surface area contributed by atoms with Gasteiger partial charge >= 0.3 is 0 Å². The number of carbonyl (C=O) groups excluding carboxylic acids is 1. The summed E-state index contributed by atoms with van der Waals surface area (Å²) < 4.78 is 10.9. The Morgan fingerprint density at radius 1 is 1.33 bits per heavy atom. The monoisotopic (exact) mass is 378 g/mol. The first-order valence-electron chi connectivity index (χ1n) is 8.08. The molecule has 1 atom stereocenters. The third kappa shape index (κ3) is 6.75. The smallest absolute Gasteiger partial charge is 0.251 e. The molecule has 3 N–H and O–H groups in total. The van der Waals surface area contributed by atoms with Crippen LogP contribution in [-0.2, 0) is 0 Å². The second kappa shape index (κ2) is 12.2. The van der Waals surface area contributed by atoms with E-state index in [9.17, 15) is 4.79 Å². The Morgan fingerprint density at radius 2 is 2.04 bits per heavy atom. The molecule has 0 aliphatic carbocycles. The van der Waals surface area contributed by atoms with Gasteiger partial charge in [-0.15, -0.1) is 12.4 Å². The highest BCUT2D eigenvalue weighted by atomic mass is 35.5. The highest BCUT2D eigenvalue weighted by Gasteiger charge is 2.18. The average Bonchev–Trinajstić information content (AvgIpc) is 2.56. The number of nitrogens with one attached hydrogen (secondary N) is 1. The zero-order chi connectivity index (χ0) is 17.2. The van der Waals surface area contributed by atoms with Crippen LogP contribution in [0.15, 0.2) is 12.1 Å². The van der Waals surface area contributed by atoms with Crippen molar-refractivity contribution >= 4 is 29.9 Å². The van der Waals surface area contributed by atoms with Crippen LogP contribution in [-0.4, -0.2) is 32.2 Å². The van der Waals surface area contributed by atoms with Gasteiger partial charge in [0.05, 0.1) is 18.7 Å². The summed E-state index contributed by atoms with van der Waals surface area (Å²) >= 11 is 6.24. The molecular formula is C17H28Cl2N2O3. The summed E-state index contributed by atoms with van der Waals surface area (Å²) in [4.78, 5) is 12.4. The molecule has 0 radical (unpaired) electrons. The second-order valence-corrected chi connectivity index (χ2v) is 5.79. The zero-order valence-corrected chi connectivity index (χ0v) is 16.1. The van der Waals surface area contributed by atoms with Gasteiger partial charge in [-0.3, -0.25) is 4.79 Å². The lowest BCUT2D eigenvalue weighted by Gasteiger charge is -2.18. The largest absolute Gasteiger partial charge is 0.493 e. The minimum atomic E-state index is -0.209. The molecule has 0 aliphatic heterocycles. The van der Waals surface area contributed by atoms with E-state index in [0.717, 1.165) is 25.7 Å². The first-order valence-corrected chi connectivity index (χ1v) is 8.46. The molecule has 0 fully saturated rings. The Balaban J connectivity index is 0.00000529. The Kier molecular flexibility index (Phi) is 11.6. The molecule has 0 bridgehead atoms. The van der Waals surface area contributed by atoms with Crippen molar-refractivity contribution in [1.29, 1.82) is 0 Å². The fourth-order valence-corrected chi connectivity index (χ4v) is 2.43. The van der Waals surface area contributed by atoms with Crippen molar-refractivity contribution in [3.8, 4) is 11.5 Å². The second-order valence-electron chi connectivity index (χ2n) is 5.39. The highest BCUT2D eigenvalue weighted by Crippen LogP contribution is 2.36. The van der Waals surface area contributed by atoms with Gasteiger partial charge in [-0.05, 0) is 25.0 Å². The molecule has 24 heavy (non-hydrogen) atoms. The predicted molar refractivity (Wildman–Crippen MR) is 101 cm³/mol. The zero-order valence-electron chi connectivity index (χ0n) is 14.6. The number of ether oxygens (including phenoxy) is 2. The van der Waals surface area contributed by atoms with Crippen LogP contribution >= 0.6 is 24.0 Å². The number of hydrogen-bond donors (Lipinski definition) is 2. The third-order valence-electron chi connectivity index (χ3n) is 3.47. The average molecular weight is 379 g/mol. The summed E-state index contributed by atoms with van der Waals surface area (Å²) in [5.41, 5.74) is 6.16. The van der Waals surface area contributed by atoms with E-state index in [2.05, 4.69) is 12.2 Å². The van der Waals surface area contributed by atoms with Crippen LogP contribution in [0.1, 0.15) is 49.9 Å². The van der Waals surface area contributed by atoms with E-state index in [1.54, 1.807) is 12.1 Å². The summed E-state index contributed by atoms with van der Waals surface area (Å²) in [6.07, 6.45) is 3.81. The lowest BCUT2D eigenvalue weighted by molar-refractivity contribution is 0.0935. The van der Waals surface area contributed by atoms with Crippen LogP contribution in [0.25, 0.3) is 0 Å². The summed E-state index contributed by atoms with van der Waals surface area (Å²) in [7, 11) is 1.52. The quantitative estimate of drug-likeness (QED) is 0.649. The van der Waals surface area contributed by atoms with E-state index < -0.39 is 0 Å². The maximum Gasteiger partial charge on any atom is 0.251 e. The molecule has 5 nitrogen and oxygen atoms in total. The molecule has 0 aromatic heterocycles. The standard InChI is InChI=1S/C17H27ClN2O3.ClH/c1-4-6-7-13(11-19)20-17(21)12-9-14(18)16(23-8-5-2)15(10-12)22-3;/h9-10,13H,4-8,11,19H2,1-3H3,(H,20,21);1H. The van der Waals surface area contributed by atoms with E-state index >= 15 is 0 Å². The number of carbonyl (C=O) groups is 1. The van der Waals surface area contributed by atoms with E-state index in [-0.39, 0.29) is 24.4 Å². The van der Waals surface area contributed by atoms with Crippen LogP contribution in [0.4, 0.5) is 0 Å². The molecule has 0 spiro atoms. The van der Waals surface area contributed by atoms with Gasteiger partial charge in [0.15, 0.2) is 11.5 Å². The number of rotatable bonds is 10. The van der Waals surface area contributed by atoms with Crippen molar-refractivity contribution < 1.29 is 14.3 Å². The van der Waals surface area contributed by atoms with E-state index in [0.29, 0.717) is 35.2 Å². The molecular weight excluding hydrogens is 351 g/mol. The van der Waals surface area contributed by atoms with Crippen LogP contribution < -0.4 is 20.5 Å². The summed E-state index contributed by atoms with van der Waals surface area (Å²) in [5, 5.41) is 3.30. The SMILES string of the molecule is CCCCC(CN)NC(=O)c1cc(Cl)c(OCCC)c(OC)c1.Cl. The van der Waals surface area contributed by atoms with Gasteiger partial charge in [-0.2, -0.15) is 0 Å². The van der Waals surface area contributed by atoms with Gasteiger partial charge in [0, 0.05) is 18.2 Å². The number of amides is 1. The summed E-state index contributed by atoms with van der Waals surface area (Å²) in [5.74, 6) is 0.710. The Morgan fingerprint density at radius 3 is 2.58 bits per heavy atom. The van der Waals surface area contributed by atoms with Crippen molar-refractivity contribution in [1.82, 2.24) is 5.32 Å². The summed E-state index contributed by atoms with van der Waals surface area (Å²) in [6.45, 7) is 5.06. The van der Waals surface area contributed by atoms with Gasteiger partial charge in [-0.25, -0.2) is 0 Å². The molecule has 0 aliphatic rings. The molecule has 0 heterocycles. The number of benzene rings is 1. The van der Waals surface area contributed by atoms with E-state index in [1.165, 1.54) is 7.11 Å².